The zero-order valence-electron chi connectivity index (χ0n) is 16.3. The van der Waals surface area contributed by atoms with E-state index in [0.29, 0.717) is 18.1 Å². The van der Waals surface area contributed by atoms with Crippen molar-refractivity contribution < 1.29 is 4.74 Å². The molecule has 0 amide bonds. The molecule has 0 bridgehead atoms. The van der Waals surface area contributed by atoms with Crippen LogP contribution in [0.5, 0.6) is 5.88 Å². The standard InChI is InChI=1S/C23H16N6OS/c1-3-7-16(8-4-1)20-19(28-11-12-31-23(28)27-20)14-30-22-18-13-26-29(21(18)24-15-25-22)17-9-5-2-6-10-17/h1-13,15H,14H2. The van der Waals surface area contributed by atoms with Gasteiger partial charge in [-0.3, -0.25) is 4.40 Å². The van der Waals surface area contributed by atoms with E-state index in [1.54, 1.807) is 22.2 Å². The lowest BCUT2D eigenvalue weighted by Gasteiger charge is -2.08. The van der Waals surface area contributed by atoms with E-state index in [0.717, 1.165) is 33.0 Å². The second-order valence-electron chi connectivity index (χ2n) is 6.93. The molecule has 150 valence electrons. The Balaban J connectivity index is 1.38. The van der Waals surface area contributed by atoms with Crippen molar-refractivity contribution in [2.24, 2.45) is 0 Å². The third-order valence-corrected chi connectivity index (χ3v) is 5.84. The number of hydrogen-bond acceptors (Lipinski definition) is 6. The van der Waals surface area contributed by atoms with Crippen LogP contribution in [0.3, 0.4) is 0 Å². The Morgan fingerprint density at radius 3 is 2.58 bits per heavy atom. The Hall–Kier alpha value is -4.04. The van der Waals surface area contributed by atoms with Gasteiger partial charge in [-0.2, -0.15) is 5.10 Å². The summed E-state index contributed by atoms with van der Waals surface area (Å²) in [6.07, 6.45) is 5.26. The number of benzene rings is 2. The number of thiazole rings is 1. The topological polar surface area (TPSA) is 70.1 Å². The van der Waals surface area contributed by atoms with Gasteiger partial charge in [0.2, 0.25) is 5.88 Å². The summed E-state index contributed by atoms with van der Waals surface area (Å²) < 4.78 is 10.0. The highest BCUT2D eigenvalue weighted by molar-refractivity contribution is 7.15. The second kappa shape index (κ2) is 7.33. The SMILES string of the molecule is c1ccc(-c2nc3sccn3c2COc2ncnc3c2cnn3-c2ccccc2)cc1. The number of nitrogens with zero attached hydrogens (tertiary/aromatic N) is 6. The Morgan fingerprint density at radius 2 is 1.74 bits per heavy atom. The lowest BCUT2D eigenvalue weighted by atomic mass is 10.1. The van der Waals surface area contributed by atoms with Crippen molar-refractivity contribution in [3.8, 4) is 22.8 Å². The molecule has 0 unspecified atom stereocenters. The predicted molar refractivity (Wildman–Crippen MR) is 119 cm³/mol. The van der Waals surface area contributed by atoms with Crippen molar-refractivity contribution >= 4 is 27.3 Å². The van der Waals surface area contributed by atoms with Crippen molar-refractivity contribution in [2.75, 3.05) is 0 Å². The van der Waals surface area contributed by atoms with Gasteiger partial charge in [0.25, 0.3) is 0 Å². The molecule has 0 saturated heterocycles. The van der Waals surface area contributed by atoms with Gasteiger partial charge >= 0.3 is 0 Å². The zero-order chi connectivity index (χ0) is 20.6. The highest BCUT2D eigenvalue weighted by atomic mass is 32.1. The van der Waals surface area contributed by atoms with Crippen LogP contribution < -0.4 is 4.74 Å². The number of para-hydroxylation sites is 1. The van der Waals surface area contributed by atoms with Gasteiger partial charge in [0.05, 0.1) is 23.3 Å². The van der Waals surface area contributed by atoms with Crippen LogP contribution in [0.25, 0.3) is 32.9 Å². The largest absolute Gasteiger partial charge is 0.471 e. The summed E-state index contributed by atoms with van der Waals surface area (Å²) in [4.78, 5) is 14.5. The number of imidazole rings is 1. The minimum atomic E-state index is 0.324. The molecule has 0 radical (unpaired) electrons. The van der Waals surface area contributed by atoms with Gasteiger partial charge in [0, 0.05) is 17.1 Å². The van der Waals surface area contributed by atoms with Crippen molar-refractivity contribution in [2.45, 2.75) is 6.61 Å². The van der Waals surface area contributed by atoms with Crippen LogP contribution in [0.1, 0.15) is 5.69 Å². The molecule has 0 aliphatic rings. The summed E-state index contributed by atoms with van der Waals surface area (Å²) in [6, 6.07) is 20.0. The smallest absolute Gasteiger partial charge is 0.228 e. The third kappa shape index (κ3) is 3.04. The number of ether oxygens (including phenoxy) is 1. The average Bonchev–Trinajstić information content (AvgIpc) is 3.54. The molecule has 0 fully saturated rings. The van der Waals surface area contributed by atoms with Gasteiger partial charge in [-0.15, -0.1) is 11.3 Å². The number of aromatic nitrogens is 6. The van der Waals surface area contributed by atoms with Crippen molar-refractivity contribution in [1.82, 2.24) is 29.1 Å². The fourth-order valence-corrected chi connectivity index (χ4v) is 4.36. The molecule has 6 aromatic rings. The highest BCUT2D eigenvalue weighted by Crippen LogP contribution is 2.29. The van der Waals surface area contributed by atoms with Gasteiger partial charge in [0.15, 0.2) is 10.6 Å². The summed E-state index contributed by atoms with van der Waals surface area (Å²) in [5.74, 6) is 0.497. The van der Waals surface area contributed by atoms with E-state index < -0.39 is 0 Å². The van der Waals surface area contributed by atoms with Crippen molar-refractivity contribution in [1.29, 1.82) is 0 Å². The Bertz CT molecular complexity index is 1490. The van der Waals surface area contributed by atoms with Gasteiger partial charge in [0.1, 0.15) is 18.3 Å². The molecule has 4 aromatic heterocycles. The van der Waals surface area contributed by atoms with Crippen molar-refractivity contribution in [3.05, 3.63) is 90.5 Å². The Labute approximate surface area is 181 Å². The van der Waals surface area contributed by atoms with Crippen LogP contribution in [0.2, 0.25) is 0 Å². The molecule has 8 heteroatoms. The molecule has 0 aliphatic heterocycles. The Morgan fingerprint density at radius 1 is 0.935 bits per heavy atom. The van der Waals surface area contributed by atoms with E-state index in [1.165, 1.54) is 6.33 Å². The van der Waals surface area contributed by atoms with Gasteiger partial charge in [-0.25, -0.2) is 19.6 Å². The number of rotatable bonds is 5. The summed E-state index contributed by atoms with van der Waals surface area (Å²) in [6.45, 7) is 0.324. The van der Waals surface area contributed by atoms with Crippen LogP contribution in [0.4, 0.5) is 0 Å². The minimum absolute atomic E-state index is 0.324. The lowest BCUT2D eigenvalue weighted by molar-refractivity contribution is 0.292. The maximum atomic E-state index is 6.19. The summed E-state index contributed by atoms with van der Waals surface area (Å²) in [5.41, 5.74) is 4.59. The number of hydrogen-bond donors (Lipinski definition) is 0. The molecule has 0 spiro atoms. The molecule has 0 atom stereocenters. The lowest BCUT2D eigenvalue weighted by Crippen LogP contribution is -2.03. The monoisotopic (exact) mass is 424 g/mol. The van der Waals surface area contributed by atoms with Gasteiger partial charge in [-0.1, -0.05) is 48.5 Å². The minimum Gasteiger partial charge on any atom is -0.471 e. The van der Waals surface area contributed by atoms with E-state index in [-0.39, 0.29) is 0 Å². The predicted octanol–water partition coefficient (Wildman–Crippen LogP) is 4.77. The Kier molecular flexibility index (Phi) is 4.21. The normalized spacial score (nSPS) is 11.4. The first-order valence-electron chi connectivity index (χ1n) is 9.75. The first kappa shape index (κ1) is 17.8. The van der Waals surface area contributed by atoms with E-state index in [4.69, 9.17) is 9.72 Å². The van der Waals surface area contributed by atoms with Gasteiger partial charge < -0.3 is 4.74 Å². The highest BCUT2D eigenvalue weighted by Gasteiger charge is 2.17. The molecule has 0 aliphatic carbocycles. The van der Waals surface area contributed by atoms with E-state index in [9.17, 15) is 0 Å². The second-order valence-corrected chi connectivity index (χ2v) is 7.80. The van der Waals surface area contributed by atoms with Crippen molar-refractivity contribution in [3.63, 3.8) is 0 Å². The molecule has 6 rings (SSSR count). The maximum Gasteiger partial charge on any atom is 0.228 e. The van der Waals surface area contributed by atoms with Crippen LogP contribution >= 0.6 is 11.3 Å². The summed E-state index contributed by atoms with van der Waals surface area (Å²) in [5, 5.41) is 7.28. The molecule has 7 nitrogen and oxygen atoms in total. The summed E-state index contributed by atoms with van der Waals surface area (Å²) in [7, 11) is 0. The van der Waals surface area contributed by atoms with E-state index >= 15 is 0 Å². The quantitative estimate of drug-likeness (QED) is 0.399. The first-order chi connectivity index (χ1) is 15.4. The van der Waals surface area contributed by atoms with E-state index in [2.05, 4.69) is 31.6 Å². The molecule has 0 saturated carbocycles. The summed E-state index contributed by atoms with van der Waals surface area (Å²) >= 11 is 1.60. The third-order valence-electron chi connectivity index (χ3n) is 5.08. The molecular weight excluding hydrogens is 408 g/mol. The number of fused-ring (bicyclic) bond motifs is 2. The molecule has 2 aromatic carbocycles. The molecule has 4 heterocycles. The zero-order valence-corrected chi connectivity index (χ0v) is 17.1. The van der Waals surface area contributed by atoms with Crippen LogP contribution in [0.15, 0.2) is 84.8 Å². The van der Waals surface area contributed by atoms with Crippen LogP contribution in [-0.2, 0) is 6.61 Å². The van der Waals surface area contributed by atoms with Crippen LogP contribution in [-0.4, -0.2) is 29.1 Å². The van der Waals surface area contributed by atoms with Crippen LogP contribution in [0, 0.1) is 0 Å². The first-order valence-corrected chi connectivity index (χ1v) is 10.6. The van der Waals surface area contributed by atoms with Gasteiger partial charge in [-0.05, 0) is 12.1 Å². The fraction of sp³-hybridized carbons (Fsp3) is 0.0435. The average molecular weight is 424 g/mol. The maximum absolute atomic E-state index is 6.19. The molecular formula is C23H16N6OS. The molecule has 31 heavy (non-hydrogen) atoms. The fourth-order valence-electron chi connectivity index (χ4n) is 3.63. The van der Waals surface area contributed by atoms with E-state index in [1.807, 2.05) is 60.1 Å². The molecule has 0 N–H and O–H groups in total.